The summed E-state index contributed by atoms with van der Waals surface area (Å²) in [6, 6.07) is 5.06. The number of unbranched alkanes of at least 4 members (excludes halogenated alkanes) is 3. The molecule has 186 valence electrons. The van der Waals surface area contributed by atoms with Crippen LogP contribution < -0.4 is 16.4 Å². The van der Waals surface area contributed by atoms with Crippen LogP contribution in [0.3, 0.4) is 0 Å². The standard InChI is InChI=1S/C24H31F3N2O4Si/c1-16-14-24(3,17(16)2)22(31)33-13-7-5-4-6-12-28-21(30)20(25)15-29(23(28)32)18-8-10-19(11-9-18)34(26)27/h8-11,15-17,34H,4-7,12-14H2,1-3H3. The molecule has 34 heavy (non-hydrogen) atoms. The highest BCUT2D eigenvalue weighted by Gasteiger charge is 2.51. The van der Waals surface area contributed by atoms with E-state index in [1.165, 1.54) is 24.3 Å². The second kappa shape index (κ2) is 10.8. The van der Waals surface area contributed by atoms with E-state index in [1.54, 1.807) is 0 Å². The van der Waals surface area contributed by atoms with Gasteiger partial charge in [-0.15, -0.1) is 0 Å². The van der Waals surface area contributed by atoms with Crippen molar-refractivity contribution in [3.05, 3.63) is 57.1 Å². The Kier molecular flexibility index (Phi) is 8.22. The van der Waals surface area contributed by atoms with Crippen LogP contribution in [0.1, 0.15) is 52.9 Å². The van der Waals surface area contributed by atoms with Crippen LogP contribution in [-0.4, -0.2) is 31.2 Å². The van der Waals surface area contributed by atoms with E-state index < -0.39 is 31.9 Å². The molecule has 6 nitrogen and oxygen atoms in total. The van der Waals surface area contributed by atoms with Gasteiger partial charge in [0.15, 0.2) is 0 Å². The van der Waals surface area contributed by atoms with Crippen LogP contribution in [0.25, 0.3) is 5.69 Å². The van der Waals surface area contributed by atoms with Gasteiger partial charge < -0.3 is 4.74 Å². The molecule has 1 heterocycles. The molecule has 3 unspecified atom stereocenters. The van der Waals surface area contributed by atoms with Gasteiger partial charge in [0, 0.05) is 6.54 Å². The normalized spacial score (nSPS) is 22.0. The van der Waals surface area contributed by atoms with Crippen LogP contribution in [0, 0.1) is 23.1 Å². The lowest BCUT2D eigenvalue weighted by Crippen LogP contribution is -2.49. The van der Waals surface area contributed by atoms with Crippen LogP contribution >= 0.6 is 0 Å². The van der Waals surface area contributed by atoms with E-state index in [0.29, 0.717) is 37.7 Å². The van der Waals surface area contributed by atoms with E-state index in [9.17, 15) is 27.0 Å². The van der Waals surface area contributed by atoms with Crippen molar-refractivity contribution >= 4 is 20.6 Å². The lowest BCUT2D eigenvalue weighted by molar-refractivity contribution is -0.170. The first-order valence-corrected chi connectivity index (χ1v) is 13.1. The van der Waals surface area contributed by atoms with Gasteiger partial charge in [-0.1, -0.05) is 32.4 Å². The Hall–Kier alpha value is -2.62. The van der Waals surface area contributed by atoms with Gasteiger partial charge in [-0.3, -0.25) is 26.9 Å². The fourth-order valence-electron chi connectivity index (χ4n) is 4.56. The Morgan fingerprint density at radius 2 is 1.76 bits per heavy atom. The zero-order chi connectivity index (χ0) is 25.0. The van der Waals surface area contributed by atoms with Crippen LogP contribution in [0.15, 0.2) is 40.1 Å². The smallest absolute Gasteiger partial charge is 0.441 e. The fourth-order valence-corrected chi connectivity index (χ4v) is 5.04. The third kappa shape index (κ3) is 5.37. The summed E-state index contributed by atoms with van der Waals surface area (Å²) in [5, 5.41) is -0.0814. The first kappa shape index (κ1) is 26.0. The molecule has 1 saturated carbocycles. The highest BCUT2D eigenvalue weighted by atomic mass is 28.4. The van der Waals surface area contributed by atoms with Gasteiger partial charge in [-0.25, -0.2) is 4.79 Å². The average Bonchev–Trinajstić information content (AvgIpc) is 2.82. The van der Waals surface area contributed by atoms with Crippen molar-refractivity contribution in [2.45, 2.75) is 59.4 Å². The van der Waals surface area contributed by atoms with Gasteiger partial charge in [0.05, 0.1) is 23.9 Å². The van der Waals surface area contributed by atoms with E-state index in [2.05, 4.69) is 13.8 Å². The maximum atomic E-state index is 14.2. The second-order valence-corrected chi connectivity index (χ2v) is 10.7. The molecule has 3 atom stereocenters. The Balaban J connectivity index is 1.51. The van der Waals surface area contributed by atoms with Crippen molar-refractivity contribution in [2.75, 3.05) is 6.61 Å². The summed E-state index contributed by atoms with van der Waals surface area (Å²) in [6.07, 6.45) is 4.15. The predicted molar refractivity (Wildman–Crippen MR) is 126 cm³/mol. The van der Waals surface area contributed by atoms with E-state index >= 15 is 0 Å². The number of aromatic nitrogens is 2. The molecule has 0 aliphatic heterocycles. The molecule has 1 fully saturated rings. The number of benzene rings is 1. The van der Waals surface area contributed by atoms with Crippen molar-refractivity contribution in [1.82, 2.24) is 9.13 Å². The molecule has 3 rings (SSSR count). The number of esters is 1. The Morgan fingerprint density at radius 3 is 2.35 bits per heavy atom. The minimum atomic E-state index is -3.97. The number of rotatable bonds is 10. The lowest BCUT2D eigenvalue weighted by Gasteiger charge is -2.48. The van der Waals surface area contributed by atoms with E-state index in [-0.39, 0.29) is 23.4 Å². The van der Waals surface area contributed by atoms with Crippen LogP contribution in [-0.2, 0) is 16.1 Å². The number of halogens is 3. The first-order chi connectivity index (χ1) is 16.1. The van der Waals surface area contributed by atoms with E-state index in [4.69, 9.17) is 4.74 Å². The molecule has 0 spiro atoms. The summed E-state index contributed by atoms with van der Waals surface area (Å²) in [7, 11) is -3.97. The summed E-state index contributed by atoms with van der Waals surface area (Å²) >= 11 is 0. The number of hydrogen-bond donors (Lipinski definition) is 0. The minimum absolute atomic E-state index is 0.0325. The largest absolute Gasteiger partial charge is 0.465 e. The van der Waals surface area contributed by atoms with Crippen molar-refractivity contribution < 1.29 is 22.1 Å². The number of carbonyl (C=O) groups is 1. The maximum absolute atomic E-state index is 14.2. The molecule has 1 aromatic heterocycles. The van der Waals surface area contributed by atoms with Gasteiger partial charge in [-0.05, 0) is 61.8 Å². The first-order valence-electron chi connectivity index (χ1n) is 11.6. The van der Waals surface area contributed by atoms with Crippen molar-refractivity contribution in [1.29, 1.82) is 0 Å². The zero-order valence-electron chi connectivity index (χ0n) is 19.7. The number of nitrogens with zero attached hydrogens (tertiary/aromatic N) is 2. The highest BCUT2D eigenvalue weighted by Crippen LogP contribution is 2.51. The molecule has 1 aliphatic carbocycles. The molecule has 0 saturated heterocycles. The summed E-state index contributed by atoms with van der Waals surface area (Å²) in [5.41, 5.74) is -1.93. The van der Waals surface area contributed by atoms with Gasteiger partial charge in [0.25, 0.3) is 5.56 Å². The quantitative estimate of drug-likeness (QED) is 0.219. The van der Waals surface area contributed by atoms with Crippen LogP contribution in [0.2, 0.25) is 0 Å². The number of carbonyl (C=O) groups excluding carboxylic acids is 1. The monoisotopic (exact) mass is 496 g/mol. The van der Waals surface area contributed by atoms with Gasteiger partial charge in [0.1, 0.15) is 0 Å². The SMILES string of the molecule is CC1CC(C)(C(=O)OCCCCCCn2c(=O)c(F)cn(-c3ccc([SiH](F)F)cc3)c2=O)C1C. The van der Waals surface area contributed by atoms with E-state index in [0.717, 1.165) is 28.2 Å². The Morgan fingerprint density at radius 1 is 1.12 bits per heavy atom. The third-order valence-corrected chi connectivity index (χ3v) is 8.02. The Bertz CT molecular complexity index is 1130. The topological polar surface area (TPSA) is 70.3 Å². The van der Waals surface area contributed by atoms with Crippen LogP contribution in [0.5, 0.6) is 0 Å². The minimum Gasteiger partial charge on any atom is -0.465 e. The molecule has 1 aromatic carbocycles. The second-order valence-electron chi connectivity index (χ2n) is 9.42. The zero-order valence-corrected chi connectivity index (χ0v) is 20.9. The van der Waals surface area contributed by atoms with Crippen LogP contribution in [0.4, 0.5) is 12.6 Å². The molecular weight excluding hydrogens is 465 g/mol. The van der Waals surface area contributed by atoms with Crippen molar-refractivity contribution in [3.8, 4) is 5.69 Å². The highest BCUT2D eigenvalue weighted by molar-refractivity contribution is 6.59. The molecule has 0 amide bonds. The molecule has 10 heteroatoms. The lowest BCUT2D eigenvalue weighted by atomic mass is 9.56. The predicted octanol–water partition coefficient (Wildman–Crippen LogP) is 3.29. The molecule has 2 aromatic rings. The number of hydrogen-bond acceptors (Lipinski definition) is 4. The molecular formula is C24H31F3N2O4Si. The molecule has 0 N–H and O–H groups in total. The summed E-state index contributed by atoms with van der Waals surface area (Å²) in [5.74, 6) is -0.425. The molecule has 1 aliphatic rings. The average molecular weight is 497 g/mol. The summed E-state index contributed by atoms with van der Waals surface area (Å²) in [4.78, 5) is 37.2. The third-order valence-electron chi connectivity index (χ3n) is 7.13. The van der Waals surface area contributed by atoms with Crippen molar-refractivity contribution in [3.63, 3.8) is 0 Å². The van der Waals surface area contributed by atoms with Gasteiger partial charge >= 0.3 is 21.1 Å². The van der Waals surface area contributed by atoms with E-state index in [1.807, 2.05) is 6.92 Å². The summed E-state index contributed by atoms with van der Waals surface area (Å²) < 4.78 is 47.2. The Labute approximate surface area is 198 Å². The van der Waals surface area contributed by atoms with Gasteiger partial charge in [-0.2, -0.15) is 4.39 Å². The molecule has 0 bridgehead atoms. The van der Waals surface area contributed by atoms with Gasteiger partial charge in [0.2, 0.25) is 5.82 Å². The number of ether oxygens (including phenoxy) is 1. The molecule has 0 radical (unpaired) electrons. The maximum Gasteiger partial charge on any atom is 0.441 e. The fraction of sp³-hybridized carbons (Fsp3) is 0.542. The van der Waals surface area contributed by atoms with Crippen molar-refractivity contribution in [2.24, 2.45) is 17.3 Å². The summed E-state index contributed by atoms with van der Waals surface area (Å²) in [6.45, 7) is 6.49.